The van der Waals surface area contributed by atoms with Crippen LogP contribution in [0.25, 0.3) is 0 Å². The number of carbonyl (C=O) groups is 1. The van der Waals surface area contributed by atoms with Gasteiger partial charge in [0.05, 0.1) is 16.3 Å². The number of amides is 1. The number of nitrogens with one attached hydrogen (secondary N) is 1. The van der Waals surface area contributed by atoms with Gasteiger partial charge in [-0.1, -0.05) is 38.4 Å². The number of sulfonamides is 1. The van der Waals surface area contributed by atoms with Crippen LogP contribution in [0.2, 0.25) is 5.02 Å². The van der Waals surface area contributed by atoms with Crippen molar-refractivity contribution in [1.82, 2.24) is 9.21 Å². The Bertz CT molecular complexity index is 1050. The van der Waals surface area contributed by atoms with E-state index in [9.17, 15) is 13.2 Å². The van der Waals surface area contributed by atoms with Crippen LogP contribution < -0.4 is 10.2 Å². The van der Waals surface area contributed by atoms with Gasteiger partial charge in [0.1, 0.15) is 0 Å². The number of halogens is 1. The predicted octanol–water partition coefficient (Wildman–Crippen LogP) is 3.76. The highest BCUT2D eigenvalue weighted by atomic mass is 35.5. The molecular formula is C23H31ClN4O3S. The molecule has 7 nitrogen and oxygen atoms in total. The molecule has 0 atom stereocenters. The van der Waals surface area contributed by atoms with Crippen LogP contribution in [0, 0.1) is 0 Å². The molecule has 1 fully saturated rings. The van der Waals surface area contributed by atoms with E-state index >= 15 is 0 Å². The molecule has 0 aromatic heterocycles. The second-order valence-electron chi connectivity index (χ2n) is 7.65. The van der Waals surface area contributed by atoms with Crippen molar-refractivity contribution in [2.75, 3.05) is 56.0 Å². The van der Waals surface area contributed by atoms with Crippen LogP contribution >= 0.6 is 11.6 Å². The van der Waals surface area contributed by atoms with Crippen LogP contribution in [0.3, 0.4) is 0 Å². The molecule has 32 heavy (non-hydrogen) atoms. The molecule has 3 rings (SSSR count). The molecule has 1 amide bonds. The van der Waals surface area contributed by atoms with Gasteiger partial charge >= 0.3 is 0 Å². The normalized spacial score (nSPS) is 15.2. The maximum atomic E-state index is 13.1. The summed E-state index contributed by atoms with van der Waals surface area (Å²) in [5, 5.41) is 3.39. The summed E-state index contributed by atoms with van der Waals surface area (Å²) in [6.07, 6.45) is 0. The molecule has 9 heteroatoms. The van der Waals surface area contributed by atoms with Gasteiger partial charge < -0.3 is 15.1 Å². The van der Waals surface area contributed by atoms with Gasteiger partial charge in [-0.3, -0.25) is 4.79 Å². The van der Waals surface area contributed by atoms with Crippen LogP contribution in [0.1, 0.15) is 31.1 Å². The Labute approximate surface area is 196 Å². The van der Waals surface area contributed by atoms with Crippen molar-refractivity contribution in [3.05, 3.63) is 53.1 Å². The standard InChI is InChI=1S/C23H31ClN4O3S/c1-4-26-12-14-27(15-13-26)22-11-10-20(32(30,31)28(5-2)6-3)17-21(22)25-23(29)18-8-7-9-19(24)16-18/h7-11,16-17H,4-6,12-15H2,1-3H3,(H,25,29). The number of hydrogen-bond donors (Lipinski definition) is 1. The molecular weight excluding hydrogens is 448 g/mol. The van der Waals surface area contributed by atoms with E-state index in [1.54, 1.807) is 42.5 Å². The topological polar surface area (TPSA) is 73.0 Å². The molecule has 1 aliphatic rings. The Morgan fingerprint density at radius 1 is 1.03 bits per heavy atom. The molecule has 0 aliphatic carbocycles. The Hall–Kier alpha value is -2.13. The van der Waals surface area contributed by atoms with Gasteiger partial charge in [-0.05, 0) is 42.9 Å². The first-order valence-corrected chi connectivity index (χ1v) is 12.8. The molecule has 1 aliphatic heterocycles. The first-order chi connectivity index (χ1) is 15.3. The molecule has 0 saturated carbocycles. The van der Waals surface area contributed by atoms with Gasteiger partial charge in [-0.2, -0.15) is 4.31 Å². The van der Waals surface area contributed by atoms with Crippen LogP contribution in [0.5, 0.6) is 0 Å². The van der Waals surface area contributed by atoms with Gasteiger partial charge in [0.15, 0.2) is 0 Å². The number of piperazine rings is 1. The van der Waals surface area contributed by atoms with Gasteiger partial charge in [-0.25, -0.2) is 8.42 Å². The smallest absolute Gasteiger partial charge is 0.255 e. The van der Waals surface area contributed by atoms with E-state index in [-0.39, 0.29) is 10.8 Å². The summed E-state index contributed by atoms with van der Waals surface area (Å²) in [6, 6.07) is 11.7. The lowest BCUT2D eigenvalue weighted by atomic mass is 10.1. The summed E-state index contributed by atoms with van der Waals surface area (Å²) in [5.74, 6) is -0.335. The van der Waals surface area contributed by atoms with Crippen molar-refractivity contribution in [1.29, 1.82) is 0 Å². The average Bonchev–Trinajstić information content (AvgIpc) is 2.79. The predicted molar refractivity (Wildman–Crippen MR) is 130 cm³/mol. The van der Waals surface area contributed by atoms with E-state index in [1.807, 2.05) is 13.8 Å². The molecule has 1 saturated heterocycles. The molecule has 2 aromatic carbocycles. The lowest BCUT2D eigenvalue weighted by Crippen LogP contribution is -2.46. The molecule has 1 heterocycles. The van der Waals surface area contributed by atoms with Gasteiger partial charge in [0.25, 0.3) is 5.91 Å². The Morgan fingerprint density at radius 2 is 1.72 bits per heavy atom. The lowest BCUT2D eigenvalue weighted by molar-refractivity contribution is 0.102. The molecule has 0 spiro atoms. The zero-order valence-corrected chi connectivity index (χ0v) is 20.4. The summed E-state index contributed by atoms with van der Waals surface area (Å²) >= 11 is 6.05. The summed E-state index contributed by atoms with van der Waals surface area (Å²) in [5.41, 5.74) is 1.71. The number of hydrogen-bond acceptors (Lipinski definition) is 5. The van der Waals surface area contributed by atoms with Crippen molar-refractivity contribution in [2.24, 2.45) is 0 Å². The van der Waals surface area contributed by atoms with E-state index in [1.165, 1.54) is 4.31 Å². The SMILES string of the molecule is CCN1CCN(c2ccc(S(=O)(=O)N(CC)CC)cc2NC(=O)c2cccc(Cl)c2)CC1. The van der Waals surface area contributed by atoms with Crippen molar-refractivity contribution in [3.63, 3.8) is 0 Å². The zero-order valence-electron chi connectivity index (χ0n) is 18.8. The maximum Gasteiger partial charge on any atom is 0.255 e. The first kappa shape index (κ1) is 24.5. The minimum absolute atomic E-state index is 0.165. The number of likely N-dealkylation sites (N-methyl/N-ethyl adjacent to an activating group) is 1. The molecule has 174 valence electrons. The minimum atomic E-state index is -3.66. The quantitative estimate of drug-likeness (QED) is 0.625. The minimum Gasteiger partial charge on any atom is -0.367 e. The van der Waals surface area contributed by atoms with E-state index in [0.717, 1.165) is 38.4 Å². The van der Waals surface area contributed by atoms with E-state index in [4.69, 9.17) is 11.6 Å². The average molecular weight is 479 g/mol. The van der Waals surface area contributed by atoms with Crippen molar-refractivity contribution < 1.29 is 13.2 Å². The largest absolute Gasteiger partial charge is 0.367 e. The second-order valence-corrected chi connectivity index (χ2v) is 10.0. The highest BCUT2D eigenvalue weighted by Gasteiger charge is 2.25. The highest BCUT2D eigenvalue weighted by molar-refractivity contribution is 7.89. The van der Waals surface area contributed by atoms with Crippen LogP contribution in [0.15, 0.2) is 47.4 Å². The molecule has 2 aromatic rings. The summed E-state index contributed by atoms with van der Waals surface area (Å²) < 4.78 is 27.6. The third-order valence-corrected chi connectivity index (χ3v) is 8.09. The monoisotopic (exact) mass is 478 g/mol. The lowest BCUT2D eigenvalue weighted by Gasteiger charge is -2.36. The van der Waals surface area contributed by atoms with E-state index in [2.05, 4.69) is 22.0 Å². The number of nitrogens with zero attached hydrogens (tertiary/aromatic N) is 3. The van der Waals surface area contributed by atoms with Gasteiger partial charge in [0.2, 0.25) is 10.0 Å². The molecule has 0 unspecified atom stereocenters. The van der Waals surface area contributed by atoms with Crippen molar-refractivity contribution in [3.8, 4) is 0 Å². The Morgan fingerprint density at radius 3 is 2.31 bits per heavy atom. The molecule has 0 bridgehead atoms. The summed E-state index contributed by atoms with van der Waals surface area (Å²) in [6.45, 7) is 10.9. The second kappa shape index (κ2) is 10.7. The molecule has 1 N–H and O–H groups in total. The van der Waals surface area contributed by atoms with Crippen molar-refractivity contribution in [2.45, 2.75) is 25.7 Å². The summed E-state index contributed by atoms with van der Waals surface area (Å²) in [7, 11) is -3.66. The fourth-order valence-electron chi connectivity index (χ4n) is 3.89. The van der Waals surface area contributed by atoms with Gasteiger partial charge in [-0.15, -0.1) is 0 Å². The number of rotatable bonds is 8. The number of carbonyl (C=O) groups excluding carboxylic acids is 1. The van der Waals surface area contributed by atoms with Crippen molar-refractivity contribution >= 4 is 38.9 Å². The fourth-order valence-corrected chi connectivity index (χ4v) is 5.57. The fraction of sp³-hybridized carbons (Fsp3) is 0.435. The molecule has 0 radical (unpaired) electrons. The first-order valence-electron chi connectivity index (χ1n) is 11.0. The van der Waals surface area contributed by atoms with E-state index in [0.29, 0.717) is 29.4 Å². The Kier molecular flexibility index (Phi) is 8.16. The maximum absolute atomic E-state index is 13.1. The van der Waals surface area contributed by atoms with E-state index < -0.39 is 10.0 Å². The van der Waals surface area contributed by atoms with Crippen LogP contribution in [-0.4, -0.2) is 69.3 Å². The number of anilines is 2. The van der Waals surface area contributed by atoms with Crippen LogP contribution in [-0.2, 0) is 10.0 Å². The third kappa shape index (κ3) is 5.43. The zero-order chi connectivity index (χ0) is 23.3. The summed E-state index contributed by atoms with van der Waals surface area (Å²) in [4.78, 5) is 17.7. The third-order valence-electron chi connectivity index (χ3n) is 5.81. The van der Waals surface area contributed by atoms with Crippen LogP contribution in [0.4, 0.5) is 11.4 Å². The Balaban J connectivity index is 1.98. The number of benzene rings is 2. The highest BCUT2D eigenvalue weighted by Crippen LogP contribution is 2.31. The van der Waals surface area contributed by atoms with Gasteiger partial charge in [0, 0.05) is 49.9 Å².